The molecule has 0 N–H and O–H groups in total. The Labute approximate surface area is 172 Å². The lowest BCUT2D eigenvalue weighted by atomic mass is 10.1. The molecule has 0 bridgehead atoms. The van der Waals surface area contributed by atoms with Crippen LogP contribution >= 0.6 is 0 Å². The zero-order chi connectivity index (χ0) is 21.1. The SMILES string of the molecule is Cc1onc(-c2ccccn2)c1COc1ccc(C(=O)N2CCS(=O)(=O)CC2)nn1. The van der Waals surface area contributed by atoms with E-state index in [0.29, 0.717) is 17.1 Å². The maximum Gasteiger partial charge on any atom is 0.274 e. The van der Waals surface area contributed by atoms with Gasteiger partial charge in [-0.1, -0.05) is 11.2 Å². The van der Waals surface area contributed by atoms with E-state index in [1.807, 2.05) is 18.2 Å². The van der Waals surface area contributed by atoms with Crippen LogP contribution in [0.3, 0.4) is 0 Å². The van der Waals surface area contributed by atoms with E-state index in [1.165, 1.54) is 11.0 Å². The first-order chi connectivity index (χ1) is 14.4. The summed E-state index contributed by atoms with van der Waals surface area (Å²) in [5.41, 5.74) is 2.14. The van der Waals surface area contributed by atoms with E-state index in [2.05, 4.69) is 20.3 Å². The molecule has 1 aliphatic heterocycles. The first-order valence-electron chi connectivity index (χ1n) is 9.26. The Morgan fingerprint density at radius 2 is 1.97 bits per heavy atom. The fraction of sp³-hybridized carbons (Fsp3) is 0.316. The molecule has 11 heteroatoms. The van der Waals surface area contributed by atoms with Crippen LogP contribution < -0.4 is 4.74 Å². The van der Waals surface area contributed by atoms with Gasteiger partial charge in [0.25, 0.3) is 5.91 Å². The fourth-order valence-electron chi connectivity index (χ4n) is 3.00. The largest absolute Gasteiger partial charge is 0.472 e. The van der Waals surface area contributed by atoms with Gasteiger partial charge in [-0.15, -0.1) is 10.2 Å². The molecule has 1 saturated heterocycles. The molecule has 1 aliphatic rings. The zero-order valence-electron chi connectivity index (χ0n) is 16.2. The molecule has 10 nitrogen and oxygen atoms in total. The van der Waals surface area contributed by atoms with Crippen LogP contribution in [-0.2, 0) is 16.4 Å². The van der Waals surface area contributed by atoms with Gasteiger partial charge in [0.05, 0.1) is 22.8 Å². The van der Waals surface area contributed by atoms with Crippen LogP contribution in [0.1, 0.15) is 21.8 Å². The van der Waals surface area contributed by atoms with Crippen molar-refractivity contribution in [3.05, 3.63) is 53.5 Å². The lowest BCUT2D eigenvalue weighted by molar-refractivity contribution is 0.0763. The maximum absolute atomic E-state index is 12.5. The fourth-order valence-corrected chi connectivity index (χ4v) is 4.20. The molecule has 30 heavy (non-hydrogen) atoms. The molecule has 3 aromatic rings. The second kappa shape index (κ2) is 8.19. The minimum atomic E-state index is -3.06. The van der Waals surface area contributed by atoms with Crippen molar-refractivity contribution in [3.8, 4) is 17.3 Å². The molecule has 0 spiro atoms. The van der Waals surface area contributed by atoms with Crippen LogP contribution in [-0.4, -0.2) is 64.2 Å². The van der Waals surface area contributed by atoms with Gasteiger partial charge in [0, 0.05) is 25.4 Å². The minimum absolute atomic E-state index is 0.0376. The number of carbonyl (C=O) groups excluding carboxylic acids is 1. The average Bonchev–Trinajstić information content (AvgIpc) is 3.13. The van der Waals surface area contributed by atoms with Crippen LogP contribution in [0.5, 0.6) is 5.88 Å². The minimum Gasteiger partial charge on any atom is -0.472 e. The van der Waals surface area contributed by atoms with Gasteiger partial charge < -0.3 is 14.2 Å². The molecule has 156 valence electrons. The van der Waals surface area contributed by atoms with Crippen molar-refractivity contribution >= 4 is 15.7 Å². The van der Waals surface area contributed by atoms with Gasteiger partial charge in [-0.2, -0.15) is 0 Å². The van der Waals surface area contributed by atoms with E-state index < -0.39 is 9.84 Å². The number of ether oxygens (including phenoxy) is 1. The Morgan fingerprint density at radius 1 is 1.17 bits per heavy atom. The molecule has 0 aliphatic carbocycles. The van der Waals surface area contributed by atoms with E-state index in [-0.39, 0.29) is 48.7 Å². The van der Waals surface area contributed by atoms with Crippen LogP contribution in [0.25, 0.3) is 11.4 Å². The van der Waals surface area contributed by atoms with Crippen LogP contribution in [0.4, 0.5) is 0 Å². The maximum atomic E-state index is 12.5. The van der Waals surface area contributed by atoms with E-state index in [4.69, 9.17) is 9.26 Å². The van der Waals surface area contributed by atoms with Crippen LogP contribution in [0.2, 0.25) is 0 Å². The predicted octanol–water partition coefficient (Wildman–Crippen LogP) is 1.28. The Hall–Kier alpha value is -3.34. The summed E-state index contributed by atoms with van der Waals surface area (Å²) in [5, 5.41) is 11.9. The van der Waals surface area contributed by atoms with Crippen molar-refractivity contribution in [1.82, 2.24) is 25.2 Å². The zero-order valence-corrected chi connectivity index (χ0v) is 17.0. The Kier molecular flexibility index (Phi) is 5.44. The lowest BCUT2D eigenvalue weighted by Crippen LogP contribution is -2.44. The topological polar surface area (TPSA) is 128 Å². The lowest BCUT2D eigenvalue weighted by Gasteiger charge is -2.26. The normalized spacial score (nSPS) is 15.7. The monoisotopic (exact) mass is 429 g/mol. The highest BCUT2D eigenvalue weighted by Crippen LogP contribution is 2.24. The molecule has 0 saturated carbocycles. The summed E-state index contributed by atoms with van der Waals surface area (Å²) in [4.78, 5) is 18.2. The van der Waals surface area contributed by atoms with Gasteiger partial charge in [-0.25, -0.2) is 8.42 Å². The van der Waals surface area contributed by atoms with E-state index in [1.54, 1.807) is 19.2 Å². The highest BCUT2D eigenvalue weighted by atomic mass is 32.2. The van der Waals surface area contributed by atoms with Gasteiger partial charge >= 0.3 is 0 Å². The summed E-state index contributed by atoms with van der Waals surface area (Å²) in [5.74, 6) is 0.417. The van der Waals surface area contributed by atoms with Crippen molar-refractivity contribution in [2.45, 2.75) is 13.5 Å². The number of hydrogen-bond donors (Lipinski definition) is 0. The summed E-state index contributed by atoms with van der Waals surface area (Å²) in [6.07, 6.45) is 1.67. The molecule has 0 aromatic carbocycles. The van der Waals surface area contributed by atoms with E-state index in [0.717, 1.165) is 5.56 Å². The first-order valence-corrected chi connectivity index (χ1v) is 11.1. The predicted molar refractivity (Wildman–Crippen MR) is 105 cm³/mol. The smallest absolute Gasteiger partial charge is 0.274 e. The standard InChI is InChI=1S/C19H19N5O5S/c1-13-14(18(23-29-13)15-4-2-3-7-20-15)12-28-17-6-5-16(21-22-17)19(25)24-8-10-30(26,27)11-9-24/h2-7H,8-12H2,1H3. The van der Waals surface area contributed by atoms with Crippen LogP contribution in [0, 0.1) is 6.92 Å². The molecule has 4 heterocycles. The third-order valence-corrected chi connectivity index (χ3v) is 6.36. The second-order valence-corrected chi connectivity index (χ2v) is 9.07. The van der Waals surface area contributed by atoms with E-state index in [9.17, 15) is 13.2 Å². The number of aryl methyl sites for hydroxylation is 1. The third kappa shape index (κ3) is 4.30. The molecule has 1 amide bonds. The van der Waals surface area contributed by atoms with Crippen molar-refractivity contribution in [2.75, 3.05) is 24.6 Å². The highest BCUT2D eigenvalue weighted by molar-refractivity contribution is 7.91. The second-order valence-electron chi connectivity index (χ2n) is 6.77. The van der Waals surface area contributed by atoms with Gasteiger partial charge in [0.1, 0.15) is 18.1 Å². The summed E-state index contributed by atoms with van der Waals surface area (Å²) >= 11 is 0. The quantitative estimate of drug-likeness (QED) is 0.589. The number of pyridine rings is 1. The number of rotatable bonds is 5. The first kappa shape index (κ1) is 20.0. The number of carbonyl (C=O) groups is 1. The van der Waals surface area contributed by atoms with E-state index >= 15 is 0 Å². The van der Waals surface area contributed by atoms with Gasteiger partial charge in [-0.3, -0.25) is 9.78 Å². The number of hydrogen-bond acceptors (Lipinski definition) is 9. The van der Waals surface area contributed by atoms with Crippen molar-refractivity contribution in [3.63, 3.8) is 0 Å². The summed E-state index contributed by atoms with van der Waals surface area (Å²) in [7, 11) is -3.06. The van der Waals surface area contributed by atoms with Gasteiger partial charge in [0.2, 0.25) is 5.88 Å². The molecular formula is C19H19N5O5S. The van der Waals surface area contributed by atoms with Crippen molar-refractivity contribution in [1.29, 1.82) is 0 Å². The molecular weight excluding hydrogens is 410 g/mol. The molecule has 0 atom stereocenters. The average molecular weight is 429 g/mol. The van der Waals surface area contributed by atoms with Gasteiger partial charge in [0.15, 0.2) is 15.5 Å². The van der Waals surface area contributed by atoms with Crippen molar-refractivity contribution < 1.29 is 22.5 Å². The molecule has 1 fully saturated rings. The third-order valence-electron chi connectivity index (χ3n) is 4.75. The van der Waals surface area contributed by atoms with Crippen molar-refractivity contribution in [2.24, 2.45) is 0 Å². The summed E-state index contributed by atoms with van der Waals surface area (Å²) in [6, 6.07) is 8.55. The Balaban J connectivity index is 1.42. The number of aromatic nitrogens is 4. The summed E-state index contributed by atoms with van der Waals surface area (Å²) in [6.45, 7) is 2.24. The number of sulfone groups is 1. The van der Waals surface area contributed by atoms with Gasteiger partial charge in [-0.05, 0) is 25.1 Å². The Morgan fingerprint density at radius 3 is 2.63 bits per heavy atom. The Bertz CT molecular complexity index is 1130. The number of amides is 1. The highest BCUT2D eigenvalue weighted by Gasteiger charge is 2.26. The number of nitrogens with zero attached hydrogens (tertiary/aromatic N) is 5. The molecule has 4 rings (SSSR count). The molecule has 3 aromatic heterocycles. The summed E-state index contributed by atoms with van der Waals surface area (Å²) < 4.78 is 34.0. The van der Waals surface area contributed by atoms with Crippen LogP contribution in [0.15, 0.2) is 41.1 Å². The molecule has 0 unspecified atom stereocenters. The molecule has 0 radical (unpaired) electrons.